The molecule has 6 N–H and O–H groups in total. The quantitative estimate of drug-likeness (QED) is 0.0687. The summed E-state index contributed by atoms with van der Waals surface area (Å²) in [6.07, 6.45) is 3.41. The van der Waals surface area contributed by atoms with Crippen molar-refractivity contribution in [3.8, 4) is 22.3 Å². The molecule has 0 saturated carbocycles. The number of carbonyl (C=O) groups excluding carboxylic acids is 4. The lowest BCUT2D eigenvalue weighted by molar-refractivity contribution is -0.164. The Balaban J connectivity index is 0.985. The summed E-state index contributed by atoms with van der Waals surface area (Å²) >= 11 is 0. The highest BCUT2D eigenvalue weighted by atomic mass is 19.1. The molecular formula is C38H36F2N14O10. The third kappa shape index (κ3) is 10.7. The Bertz CT molecular complexity index is 2350. The van der Waals surface area contributed by atoms with Crippen molar-refractivity contribution in [3.05, 3.63) is 96.1 Å². The van der Waals surface area contributed by atoms with Crippen LogP contribution >= 0.6 is 0 Å². The van der Waals surface area contributed by atoms with Crippen LogP contribution in [0.1, 0.15) is 11.1 Å². The van der Waals surface area contributed by atoms with E-state index in [0.717, 1.165) is 11.4 Å². The lowest BCUT2D eigenvalue weighted by atomic mass is 10.1. The number of guanidine groups is 2. The van der Waals surface area contributed by atoms with Crippen molar-refractivity contribution in [3.63, 3.8) is 0 Å². The smallest absolute Gasteiger partial charge is 0.442 e. The summed E-state index contributed by atoms with van der Waals surface area (Å²) in [5.74, 6) is -6.03. The molecule has 64 heavy (non-hydrogen) atoms. The predicted molar refractivity (Wildman–Crippen MR) is 217 cm³/mol. The first-order valence-electron chi connectivity index (χ1n) is 18.4. The highest BCUT2D eigenvalue weighted by Crippen LogP contribution is 2.28. The fourth-order valence-electron chi connectivity index (χ4n) is 5.66. The number of anilines is 2. The molecule has 0 atom stereocenters. The summed E-state index contributed by atoms with van der Waals surface area (Å²) in [4.78, 5) is 90.0. The number of carbonyl (C=O) groups is 4. The van der Waals surface area contributed by atoms with E-state index in [4.69, 9.17) is 51.1 Å². The average Bonchev–Trinajstić information content (AvgIpc) is 3.25. The van der Waals surface area contributed by atoms with E-state index < -0.39 is 60.9 Å². The minimum Gasteiger partial charge on any atom is -0.442 e. The van der Waals surface area contributed by atoms with Gasteiger partial charge in [0.2, 0.25) is 23.8 Å². The van der Waals surface area contributed by atoms with Gasteiger partial charge in [0, 0.05) is 70.3 Å². The number of nitrogens with one attached hydrogen (secondary N) is 2. The van der Waals surface area contributed by atoms with Gasteiger partial charge >= 0.3 is 24.1 Å². The van der Waals surface area contributed by atoms with Gasteiger partial charge in [-0.15, -0.1) is 0 Å². The Labute approximate surface area is 360 Å². The van der Waals surface area contributed by atoms with Crippen LogP contribution in [-0.2, 0) is 51.6 Å². The zero-order chi connectivity index (χ0) is 45.9. The highest BCUT2D eigenvalue weighted by molar-refractivity contribution is 6.00. The summed E-state index contributed by atoms with van der Waals surface area (Å²) in [6, 6.07) is 8.50. The van der Waals surface area contributed by atoms with Crippen LogP contribution in [0.15, 0.2) is 83.6 Å². The number of oxime groups is 2. The van der Waals surface area contributed by atoms with Crippen molar-refractivity contribution >= 4 is 59.4 Å². The molecule has 2 aliphatic heterocycles. The van der Waals surface area contributed by atoms with E-state index in [1.54, 1.807) is 0 Å². The maximum atomic E-state index is 15.5. The molecular weight excluding hydrogens is 851 g/mol. The van der Waals surface area contributed by atoms with Gasteiger partial charge < -0.3 is 50.1 Å². The number of hydrogen-bond acceptors (Lipinski definition) is 20. The van der Waals surface area contributed by atoms with Crippen molar-refractivity contribution < 1.29 is 56.8 Å². The van der Waals surface area contributed by atoms with Gasteiger partial charge in [-0.1, -0.05) is 56.8 Å². The molecule has 6 rings (SSSR count). The van der Waals surface area contributed by atoms with Crippen LogP contribution in [0.25, 0.3) is 22.3 Å². The molecule has 0 spiro atoms. The first kappa shape index (κ1) is 44.7. The number of ether oxygens (including phenoxy) is 2. The molecule has 2 fully saturated rings. The van der Waals surface area contributed by atoms with Gasteiger partial charge in [-0.3, -0.25) is 10.8 Å². The fraction of sp³-hybridized carbons (Fsp3) is 0.211. The standard InChI is InChI=1S/C38H36F2N14O10/c1-59-49-25-15-51(16-25)35-45-11-23(12-46-35)27-7-3-5-21(31(27)39)19-61-37(57)53(33(41)42)63-29(55)9-10-30(56)64-54(34(43)44)38(58)62-20-22-6-4-8-28(32(22)40)24-13-47-36(48-14-24)52-17-26(18-52)50-60-2/h3-14H,15-20H2,1-2H3,(H3,41,42)(H3,43,44)/b10-9-. The van der Waals surface area contributed by atoms with Gasteiger partial charge in [-0.25, -0.2) is 47.9 Å². The van der Waals surface area contributed by atoms with E-state index in [1.165, 1.54) is 75.4 Å². The minimum atomic E-state index is -1.52. The molecule has 4 heterocycles. The Morgan fingerprint density at radius 3 is 1.36 bits per heavy atom. The summed E-state index contributed by atoms with van der Waals surface area (Å²) in [6.45, 7) is 0.480. The third-order valence-electron chi connectivity index (χ3n) is 8.75. The molecule has 2 saturated heterocycles. The number of rotatable bonds is 12. The molecule has 2 aromatic carbocycles. The largest absolute Gasteiger partial charge is 0.451 e. The van der Waals surface area contributed by atoms with Crippen LogP contribution in [0, 0.1) is 22.5 Å². The summed E-state index contributed by atoms with van der Waals surface area (Å²) < 4.78 is 41.0. The first-order valence-corrected chi connectivity index (χ1v) is 18.4. The van der Waals surface area contributed by atoms with E-state index in [1.807, 2.05) is 9.80 Å². The Morgan fingerprint density at radius 1 is 0.672 bits per heavy atom. The minimum absolute atomic E-state index is 0.0817. The van der Waals surface area contributed by atoms with Gasteiger partial charge in [0.1, 0.15) is 39.1 Å². The molecule has 26 heteroatoms. The lowest BCUT2D eigenvalue weighted by Gasteiger charge is -2.31. The summed E-state index contributed by atoms with van der Waals surface area (Å²) in [5, 5.41) is 22.8. The van der Waals surface area contributed by atoms with Crippen LogP contribution in [0.2, 0.25) is 0 Å². The Kier molecular flexibility index (Phi) is 14.1. The highest BCUT2D eigenvalue weighted by Gasteiger charge is 2.28. The van der Waals surface area contributed by atoms with Crippen molar-refractivity contribution in [1.29, 1.82) is 10.8 Å². The van der Waals surface area contributed by atoms with Crippen LogP contribution in [-0.4, -0.2) is 118 Å². The van der Waals surface area contributed by atoms with Crippen molar-refractivity contribution in [2.75, 3.05) is 50.2 Å². The van der Waals surface area contributed by atoms with Gasteiger partial charge in [-0.2, -0.15) is 0 Å². The molecule has 2 amide bonds. The fourth-order valence-corrected chi connectivity index (χ4v) is 5.66. The molecule has 0 bridgehead atoms. The van der Waals surface area contributed by atoms with E-state index in [2.05, 4.69) is 30.2 Å². The van der Waals surface area contributed by atoms with Crippen molar-refractivity contribution in [1.82, 2.24) is 30.1 Å². The number of halogens is 2. The lowest BCUT2D eigenvalue weighted by Crippen LogP contribution is -2.48. The van der Waals surface area contributed by atoms with E-state index in [-0.39, 0.29) is 32.4 Å². The summed E-state index contributed by atoms with van der Waals surface area (Å²) in [5.41, 5.74) is 12.9. The number of amides is 2. The zero-order valence-corrected chi connectivity index (χ0v) is 33.6. The first-order chi connectivity index (χ1) is 30.8. The normalized spacial score (nSPS) is 12.9. The average molecular weight is 887 g/mol. The molecule has 24 nitrogen and oxygen atoms in total. The number of aromatic nitrogens is 4. The van der Waals surface area contributed by atoms with Gasteiger partial charge in [0.15, 0.2) is 0 Å². The Morgan fingerprint density at radius 2 is 1.03 bits per heavy atom. The van der Waals surface area contributed by atoms with Crippen LogP contribution in [0.4, 0.5) is 30.3 Å². The second kappa shape index (κ2) is 20.1. The number of hydrogen-bond donors (Lipinski definition) is 4. The predicted octanol–water partition coefficient (Wildman–Crippen LogP) is 2.36. The van der Waals surface area contributed by atoms with Gasteiger partial charge in [0.25, 0.3) is 0 Å². The number of benzene rings is 2. The van der Waals surface area contributed by atoms with Crippen molar-refractivity contribution in [2.45, 2.75) is 13.2 Å². The van der Waals surface area contributed by atoms with E-state index in [9.17, 15) is 19.2 Å². The number of nitrogens with two attached hydrogens (primary N) is 2. The van der Waals surface area contributed by atoms with Crippen LogP contribution < -0.4 is 21.3 Å². The second-order valence-corrected chi connectivity index (χ2v) is 13.1. The van der Waals surface area contributed by atoms with Crippen LogP contribution in [0.3, 0.4) is 0 Å². The number of hydroxylamine groups is 4. The van der Waals surface area contributed by atoms with Crippen LogP contribution in [0.5, 0.6) is 0 Å². The van der Waals surface area contributed by atoms with Crippen molar-refractivity contribution in [2.24, 2.45) is 21.8 Å². The van der Waals surface area contributed by atoms with E-state index >= 15 is 8.78 Å². The molecule has 0 unspecified atom stereocenters. The van der Waals surface area contributed by atoms with Gasteiger partial charge in [0.05, 0.1) is 37.6 Å². The second-order valence-electron chi connectivity index (χ2n) is 13.1. The Hall–Kier alpha value is -8.84. The SMILES string of the molecule is CON=C1CN(c2ncc(-c3cccc(COC(=O)N(OC(=O)/C=C\C(=O)ON(C(=N)N)C(=O)OCc4cccc(-c5cnc(N6CC(=NOC)C6)nc5)c4F)C(=N)N)c3F)cn2)C1. The monoisotopic (exact) mass is 886 g/mol. The third-order valence-corrected chi connectivity index (χ3v) is 8.75. The summed E-state index contributed by atoms with van der Waals surface area (Å²) in [7, 11) is 2.88. The molecule has 2 aliphatic rings. The molecule has 0 aliphatic carbocycles. The maximum Gasteiger partial charge on any atom is 0.451 e. The molecule has 4 aromatic rings. The topological polar surface area (TPSA) is 313 Å². The number of nitrogens with zero attached hydrogens (tertiary/aromatic N) is 10. The molecule has 332 valence electrons. The zero-order valence-electron chi connectivity index (χ0n) is 33.6. The van der Waals surface area contributed by atoms with Gasteiger partial charge in [-0.05, 0) is 0 Å². The maximum absolute atomic E-state index is 15.5. The molecule has 0 radical (unpaired) electrons. The molecule has 2 aromatic heterocycles. The van der Waals surface area contributed by atoms with E-state index in [0.29, 0.717) is 61.4 Å².